The van der Waals surface area contributed by atoms with E-state index in [1.165, 1.54) is 11.8 Å². The van der Waals surface area contributed by atoms with Gasteiger partial charge < -0.3 is 21.4 Å². The second-order valence-electron chi connectivity index (χ2n) is 6.38. The lowest BCUT2D eigenvalue weighted by molar-refractivity contribution is 0.751. The molecule has 3 aromatic rings. The second kappa shape index (κ2) is 6.94. The molecule has 0 amide bonds. The number of fused-ring (bicyclic) bond motifs is 1. The topological polar surface area (TPSA) is 110 Å². The Labute approximate surface area is 160 Å². The molecule has 0 saturated carbocycles. The van der Waals surface area contributed by atoms with E-state index >= 15 is 0 Å². The number of pyridine rings is 1. The predicted molar refractivity (Wildman–Crippen MR) is 106 cm³/mol. The Morgan fingerprint density at radius 3 is 2.92 bits per heavy atom. The molecular formula is C17H20ClN7S. The van der Waals surface area contributed by atoms with E-state index in [9.17, 15) is 0 Å². The van der Waals surface area contributed by atoms with Crippen molar-refractivity contribution in [3.8, 4) is 0 Å². The largest absolute Gasteiger partial charge is 0.397 e. The van der Waals surface area contributed by atoms with Gasteiger partial charge in [-0.05, 0) is 30.7 Å². The number of nitrogen functional groups attached to an aromatic ring is 1. The fourth-order valence-corrected chi connectivity index (χ4v) is 4.31. The van der Waals surface area contributed by atoms with Crippen LogP contribution < -0.4 is 16.4 Å². The van der Waals surface area contributed by atoms with E-state index in [0.717, 1.165) is 53.4 Å². The molecule has 0 aromatic carbocycles. The lowest BCUT2D eigenvalue weighted by Gasteiger charge is -2.18. The van der Waals surface area contributed by atoms with Crippen molar-refractivity contribution >= 4 is 45.9 Å². The van der Waals surface area contributed by atoms with Crippen molar-refractivity contribution in [3.63, 3.8) is 0 Å². The SMILES string of the molecule is CCc1[nH]c2nc(Sc3cncc(N)c3)nc(N3CCC(N)C3)c2c1Cl. The molecule has 0 radical (unpaired) electrons. The minimum absolute atomic E-state index is 0.151. The normalized spacial score (nSPS) is 17.3. The van der Waals surface area contributed by atoms with Gasteiger partial charge in [-0.15, -0.1) is 0 Å². The van der Waals surface area contributed by atoms with Gasteiger partial charge in [-0.1, -0.05) is 18.5 Å². The molecule has 1 unspecified atom stereocenters. The Hall–Kier alpha value is -2.03. The molecule has 0 bridgehead atoms. The molecule has 9 heteroatoms. The summed E-state index contributed by atoms with van der Waals surface area (Å²) in [5, 5.41) is 2.19. The van der Waals surface area contributed by atoms with Crippen molar-refractivity contribution in [2.75, 3.05) is 23.7 Å². The van der Waals surface area contributed by atoms with Crippen molar-refractivity contribution in [1.29, 1.82) is 0 Å². The monoisotopic (exact) mass is 389 g/mol. The smallest absolute Gasteiger partial charge is 0.196 e. The molecule has 136 valence electrons. The number of nitrogens with zero attached hydrogens (tertiary/aromatic N) is 4. The zero-order valence-corrected chi connectivity index (χ0v) is 15.9. The molecule has 1 saturated heterocycles. The maximum atomic E-state index is 6.61. The Kier molecular flexibility index (Phi) is 4.64. The molecule has 1 atom stereocenters. The maximum Gasteiger partial charge on any atom is 0.196 e. The highest BCUT2D eigenvalue weighted by Crippen LogP contribution is 2.37. The Bertz CT molecular complexity index is 958. The lowest BCUT2D eigenvalue weighted by Crippen LogP contribution is -2.27. The molecule has 3 aromatic heterocycles. The summed E-state index contributed by atoms with van der Waals surface area (Å²) in [6.07, 6.45) is 5.11. The Balaban J connectivity index is 1.81. The first kappa shape index (κ1) is 17.4. The van der Waals surface area contributed by atoms with Crippen LogP contribution >= 0.6 is 23.4 Å². The summed E-state index contributed by atoms with van der Waals surface area (Å²) in [5.41, 5.74) is 14.2. The summed E-state index contributed by atoms with van der Waals surface area (Å²) in [4.78, 5) is 20.0. The third kappa shape index (κ3) is 3.20. The number of hydrogen-bond acceptors (Lipinski definition) is 7. The minimum atomic E-state index is 0.151. The minimum Gasteiger partial charge on any atom is -0.397 e. The summed E-state index contributed by atoms with van der Waals surface area (Å²) in [6.45, 7) is 3.68. The number of rotatable bonds is 4. The van der Waals surface area contributed by atoms with E-state index in [1.54, 1.807) is 12.4 Å². The second-order valence-corrected chi connectivity index (χ2v) is 7.79. The van der Waals surface area contributed by atoms with Crippen molar-refractivity contribution < 1.29 is 0 Å². The number of aryl methyl sites for hydroxylation is 1. The van der Waals surface area contributed by atoms with Crippen LogP contribution in [0.15, 0.2) is 28.5 Å². The molecule has 1 aliphatic heterocycles. The van der Waals surface area contributed by atoms with E-state index in [0.29, 0.717) is 15.9 Å². The average molecular weight is 390 g/mol. The third-order valence-corrected chi connectivity index (χ3v) is 5.69. The molecule has 1 aliphatic rings. The van der Waals surface area contributed by atoms with Crippen LogP contribution in [0, 0.1) is 0 Å². The number of halogens is 1. The number of aromatic nitrogens is 4. The molecule has 0 aliphatic carbocycles. The van der Waals surface area contributed by atoms with E-state index in [1.807, 2.05) is 6.07 Å². The first-order valence-corrected chi connectivity index (χ1v) is 9.71. The van der Waals surface area contributed by atoms with Crippen LogP contribution in [0.4, 0.5) is 11.5 Å². The van der Waals surface area contributed by atoms with Gasteiger partial charge in [-0.3, -0.25) is 4.98 Å². The summed E-state index contributed by atoms with van der Waals surface area (Å²) in [6, 6.07) is 2.01. The molecule has 0 spiro atoms. The van der Waals surface area contributed by atoms with Gasteiger partial charge in [0.15, 0.2) is 5.16 Å². The van der Waals surface area contributed by atoms with Crippen LogP contribution in [0.3, 0.4) is 0 Å². The summed E-state index contributed by atoms with van der Waals surface area (Å²) >= 11 is 8.04. The predicted octanol–water partition coefficient (Wildman–Crippen LogP) is 2.84. The van der Waals surface area contributed by atoms with Gasteiger partial charge in [0, 0.05) is 42.1 Å². The van der Waals surface area contributed by atoms with Gasteiger partial charge in [0.2, 0.25) is 0 Å². The highest BCUT2D eigenvalue weighted by molar-refractivity contribution is 7.99. The summed E-state index contributed by atoms with van der Waals surface area (Å²) in [5.74, 6) is 0.836. The third-order valence-electron chi connectivity index (χ3n) is 4.44. The molecule has 26 heavy (non-hydrogen) atoms. The van der Waals surface area contributed by atoms with Gasteiger partial charge in [0.05, 0.1) is 16.1 Å². The first-order valence-electron chi connectivity index (χ1n) is 8.52. The number of aromatic amines is 1. The van der Waals surface area contributed by atoms with E-state index in [-0.39, 0.29) is 6.04 Å². The Morgan fingerprint density at radius 1 is 1.38 bits per heavy atom. The molecule has 4 heterocycles. The zero-order valence-electron chi connectivity index (χ0n) is 14.4. The highest BCUT2D eigenvalue weighted by atomic mass is 35.5. The lowest BCUT2D eigenvalue weighted by atomic mass is 10.3. The van der Waals surface area contributed by atoms with Crippen LogP contribution in [0.1, 0.15) is 19.0 Å². The maximum absolute atomic E-state index is 6.61. The number of nitrogens with one attached hydrogen (secondary N) is 1. The Morgan fingerprint density at radius 2 is 2.23 bits per heavy atom. The zero-order chi connectivity index (χ0) is 18.3. The summed E-state index contributed by atoms with van der Waals surface area (Å²) in [7, 11) is 0. The molecular weight excluding hydrogens is 370 g/mol. The van der Waals surface area contributed by atoms with Crippen molar-refractivity contribution in [3.05, 3.63) is 29.2 Å². The van der Waals surface area contributed by atoms with E-state index < -0.39 is 0 Å². The fraction of sp³-hybridized carbons (Fsp3) is 0.353. The van der Waals surface area contributed by atoms with Crippen LogP contribution in [0.2, 0.25) is 5.02 Å². The number of nitrogens with two attached hydrogens (primary N) is 2. The van der Waals surface area contributed by atoms with Crippen LogP contribution in [-0.4, -0.2) is 39.1 Å². The molecule has 7 nitrogen and oxygen atoms in total. The van der Waals surface area contributed by atoms with E-state index in [2.05, 4.69) is 26.8 Å². The number of H-pyrrole nitrogens is 1. The fourth-order valence-electron chi connectivity index (χ4n) is 3.16. The van der Waals surface area contributed by atoms with Crippen molar-refractivity contribution in [2.24, 2.45) is 5.73 Å². The van der Waals surface area contributed by atoms with Gasteiger partial charge >= 0.3 is 0 Å². The van der Waals surface area contributed by atoms with Crippen LogP contribution in [-0.2, 0) is 6.42 Å². The van der Waals surface area contributed by atoms with Gasteiger partial charge in [0.25, 0.3) is 0 Å². The molecule has 4 rings (SSSR count). The molecule has 1 fully saturated rings. The van der Waals surface area contributed by atoms with E-state index in [4.69, 9.17) is 28.1 Å². The standard InChI is InChI=1S/C17H20ClN7S/c1-2-12-14(18)13-15(22-12)23-17(26-11-5-10(20)6-21-7-11)24-16(13)25-4-3-9(19)8-25/h5-7,9H,2-4,8,19-20H2,1H3,(H,22,23,24). The summed E-state index contributed by atoms with van der Waals surface area (Å²) < 4.78 is 0. The number of anilines is 2. The van der Waals surface area contributed by atoms with Crippen molar-refractivity contribution in [2.45, 2.75) is 35.9 Å². The number of hydrogen-bond donors (Lipinski definition) is 3. The quantitative estimate of drug-likeness (QED) is 0.588. The molecule has 5 N–H and O–H groups in total. The van der Waals surface area contributed by atoms with Crippen LogP contribution in [0.25, 0.3) is 11.0 Å². The van der Waals surface area contributed by atoms with Crippen molar-refractivity contribution in [1.82, 2.24) is 19.9 Å². The average Bonchev–Trinajstić information content (AvgIpc) is 3.18. The van der Waals surface area contributed by atoms with Crippen LogP contribution in [0.5, 0.6) is 0 Å². The first-order chi connectivity index (χ1) is 12.5. The highest BCUT2D eigenvalue weighted by Gasteiger charge is 2.26. The van der Waals surface area contributed by atoms with Gasteiger partial charge in [0.1, 0.15) is 11.5 Å². The van der Waals surface area contributed by atoms with Gasteiger partial charge in [-0.2, -0.15) is 0 Å². The van der Waals surface area contributed by atoms with Gasteiger partial charge in [-0.25, -0.2) is 9.97 Å².